The Morgan fingerprint density at radius 2 is 2.43 bits per heavy atom. The van der Waals surface area contributed by atoms with Crippen molar-refractivity contribution in [3.63, 3.8) is 0 Å². The Bertz CT molecular complexity index is 43.9. The Balaban J connectivity index is 2.83. The minimum atomic E-state index is -0.696. The third-order valence-electron chi connectivity index (χ3n) is 0.938. The highest BCUT2D eigenvalue weighted by Crippen LogP contribution is 1.92. The normalized spacial score (nSPS) is 14.6. The van der Waals surface area contributed by atoms with E-state index in [1.54, 1.807) is 0 Å². The molecule has 0 aliphatic heterocycles. The highest BCUT2D eigenvalue weighted by molar-refractivity contribution is 7.80. The first-order valence-corrected chi connectivity index (χ1v) is 6.34. The summed E-state index contributed by atoms with van der Waals surface area (Å²) in [5.41, 5.74) is 0. The van der Waals surface area contributed by atoms with Crippen LogP contribution in [-0.2, 0) is 4.12 Å². The first kappa shape index (κ1) is 7.74. The van der Waals surface area contributed by atoms with Gasteiger partial charge in [0.25, 0.3) is 0 Å². The molecule has 0 heterocycles. The van der Waals surface area contributed by atoms with E-state index in [-0.39, 0.29) is 0 Å². The zero-order valence-corrected chi connectivity index (χ0v) is 8.90. The molecule has 0 fully saturated rings. The van der Waals surface area contributed by atoms with Gasteiger partial charge in [0.2, 0.25) is 0 Å². The third kappa shape index (κ3) is 4.60. The van der Waals surface area contributed by atoms with E-state index in [4.69, 9.17) is 4.12 Å². The average Bonchev–Trinajstić information content (AvgIpc) is 1.68. The smallest absolute Gasteiger partial charge is 0.160 e. The molecular formula is C3H12OSSi2. The van der Waals surface area contributed by atoms with Crippen LogP contribution in [0.25, 0.3) is 0 Å². The van der Waals surface area contributed by atoms with Gasteiger partial charge in [-0.25, -0.2) is 0 Å². The van der Waals surface area contributed by atoms with Crippen LogP contribution in [0, 0.1) is 0 Å². The molecule has 0 bridgehead atoms. The number of hydrogen-bond acceptors (Lipinski definition) is 2. The van der Waals surface area contributed by atoms with Crippen LogP contribution in [0.1, 0.15) is 0 Å². The Morgan fingerprint density at radius 3 is 2.57 bits per heavy atom. The summed E-state index contributed by atoms with van der Waals surface area (Å²) in [6, 6.07) is 1.21. The fourth-order valence-corrected chi connectivity index (χ4v) is 2.70. The van der Waals surface area contributed by atoms with Crippen molar-refractivity contribution < 1.29 is 4.12 Å². The maximum absolute atomic E-state index is 5.22. The van der Waals surface area contributed by atoms with Crippen LogP contribution in [0.2, 0.25) is 12.6 Å². The third-order valence-corrected chi connectivity index (χ3v) is 6.00. The zero-order valence-electron chi connectivity index (χ0n) is 4.85. The Labute approximate surface area is 55.1 Å². The van der Waals surface area contributed by atoms with Crippen molar-refractivity contribution in [2.45, 2.75) is 12.6 Å². The van der Waals surface area contributed by atoms with Gasteiger partial charge in [0, 0.05) is 0 Å². The van der Waals surface area contributed by atoms with E-state index < -0.39 is 9.04 Å². The predicted octanol–water partition coefficient (Wildman–Crippen LogP) is -0.433. The lowest BCUT2D eigenvalue weighted by atomic mass is 11.0. The molecule has 0 spiro atoms. The molecule has 7 heavy (non-hydrogen) atoms. The van der Waals surface area contributed by atoms with Crippen molar-refractivity contribution in [1.29, 1.82) is 0 Å². The Kier molecular flexibility index (Phi) is 5.41. The van der Waals surface area contributed by atoms with Gasteiger partial charge in [-0.1, -0.05) is 0 Å². The summed E-state index contributed by atoms with van der Waals surface area (Å²) < 4.78 is 5.22. The van der Waals surface area contributed by atoms with E-state index in [0.717, 1.165) is 16.2 Å². The molecule has 0 N–H and O–H groups in total. The van der Waals surface area contributed by atoms with Gasteiger partial charge in [0.1, 0.15) is 10.5 Å². The zero-order chi connectivity index (χ0) is 5.70. The first-order chi connectivity index (χ1) is 3.31. The molecule has 0 aromatic heterocycles. The molecule has 1 nitrogen and oxygen atoms in total. The second-order valence-corrected chi connectivity index (χ2v) is 6.09. The molecule has 0 aliphatic rings. The molecule has 0 aliphatic carbocycles. The highest BCUT2D eigenvalue weighted by Gasteiger charge is 1.96. The van der Waals surface area contributed by atoms with Crippen molar-refractivity contribution in [2.75, 3.05) is 5.75 Å². The summed E-state index contributed by atoms with van der Waals surface area (Å²) in [5.74, 6) is 0.996. The van der Waals surface area contributed by atoms with Crippen LogP contribution in [0.4, 0.5) is 0 Å². The number of thiol groups is 1. The Hall–Kier alpha value is 0.744. The molecule has 0 rings (SSSR count). The van der Waals surface area contributed by atoms with Crippen LogP contribution in [0.5, 0.6) is 0 Å². The summed E-state index contributed by atoms with van der Waals surface area (Å²) in [6.45, 7) is 2.21. The van der Waals surface area contributed by atoms with E-state index in [1.807, 2.05) is 0 Å². The minimum Gasteiger partial charge on any atom is -0.466 e. The SMILES string of the molecule is C[SiH](CCS)O[SiH3]. The number of rotatable bonds is 3. The number of hydrogen-bond donors (Lipinski definition) is 1. The fraction of sp³-hybridized carbons (Fsp3) is 1.00. The molecule has 0 aromatic rings. The quantitative estimate of drug-likeness (QED) is 0.426. The molecule has 0 aromatic carbocycles. The van der Waals surface area contributed by atoms with E-state index in [9.17, 15) is 0 Å². The van der Waals surface area contributed by atoms with Gasteiger partial charge in [-0.15, -0.1) is 0 Å². The van der Waals surface area contributed by atoms with E-state index in [1.165, 1.54) is 6.04 Å². The lowest BCUT2D eigenvalue weighted by Crippen LogP contribution is -2.10. The summed E-state index contributed by atoms with van der Waals surface area (Å²) >= 11 is 4.08. The lowest BCUT2D eigenvalue weighted by Gasteiger charge is -2.02. The molecule has 0 amide bonds. The maximum atomic E-state index is 5.22. The van der Waals surface area contributed by atoms with Crippen LogP contribution < -0.4 is 0 Å². The second-order valence-electron chi connectivity index (χ2n) is 1.56. The topological polar surface area (TPSA) is 9.23 Å². The molecule has 1 unspecified atom stereocenters. The first-order valence-electron chi connectivity index (χ1n) is 2.45. The van der Waals surface area contributed by atoms with E-state index in [2.05, 4.69) is 19.2 Å². The van der Waals surface area contributed by atoms with Crippen molar-refractivity contribution >= 4 is 32.2 Å². The van der Waals surface area contributed by atoms with Gasteiger partial charge in [0.15, 0.2) is 9.04 Å². The maximum Gasteiger partial charge on any atom is 0.160 e. The Morgan fingerprint density at radius 1 is 1.86 bits per heavy atom. The van der Waals surface area contributed by atoms with E-state index in [0.29, 0.717) is 0 Å². The second kappa shape index (κ2) is 4.89. The highest BCUT2D eigenvalue weighted by atomic mass is 32.1. The van der Waals surface area contributed by atoms with Crippen LogP contribution >= 0.6 is 12.6 Å². The predicted molar refractivity (Wildman–Crippen MR) is 42.7 cm³/mol. The summed E-state index contributed by atoms with van der Waals surface area (Å²) in [4.78, 5) is 0. The molecule has 0 saturated carbocycles. The van der Waals surface area contributed by atoms with Gasteiger partial charge < -0.3 is 4.12 Å². The van der Waals surface area contributed by atoms with Crippen molar-refractivity contribution in [3.05, 3.63) is 0 Å². The van der Waals surface area contributed by atoms with Crippen molar-refractivity contribution in [1.82, 2.24) is 0 Å². The summed E-state index contributed by atoms with van der Waals surface area (Å²) in [6.07, 6.45) is 0. The van der Waals surface area contributed by atoms with Crippen LogP contribution in [-0.4, -0.2) is 25.3 Å². The van der Waals surface area contributed by atoms with Gasteiger partial charge in [-0.3, -0.25) is 0 Å². The molecule has 0 radical (unpaired) electrons. The van der Waals surface area contributed by atoms with Gasteiger partial charge in [0.05, 0.1) is 0 Å². The van der Waals surface area contributed by atoms with E-state index >= 15 is 0 Å². The standard InChI is InChI=1S/C3H12OSSi2/c1-7(4-6)3-2-5/h5,7H,2-3H2,1,6H3. The van der Waals surface area contributed by atoms with Crippen LogP contribution in [0.3, 0.4) is 0 Å². The van der Waals surface area contributed by atoms with Gasteiger partial charge >= 0.3 is 0 Å². The van der Waals surface area contributed by atoms with Gasteiger partial charge in [-0.05, 0) is 18.3 Å². The molecule has 1 atom stereocenters. The molecule has 0 saturated heterocycles. The molecule has 44 valence electrons. The van der Waals surface area contributed by atoms with Crippen LogP contribution in [0.15, 0.2) is 0 Å². The lowest BCUT2D eigenvalue weighted by molar-refractivity contribution is 0.639. The summed E-state index contributed by atoms with van der Waals surface area (Å²) in [5, 5.41) is 0. The van der Waals surface area contributed by atoms with Crippen molar-refractivity contribution in [3.8, 4) is 0 Å². The van der Waals surface area contributed by atoms with Crippen molar-refractivity contribution in [2.24, 2.45) is 0 Å². The summed E-state index contributed by atoms with van der Waals surface area (Å²) in [7, 11) is 0.219. The monoisotopic (exact) mass is 152 g/mol. The van der Waals surface area contributed by atoms with Gasteiger partial charge in [-0.2, -0.15) is 12.6 Å². The average molecular weight is 152 g/mol. The largest absolute Gasteiger partial charge is 0.466 e. The molecule has 4 heteroatoms. The molecular weight excluding hydrogens is 140 g/mol. The fourth-order valence-electron chi connectivity index (χ4n) is 0.300. The minimum absolute atomic E-state index is 0.696.